The molecule has 2 aromatic rings. The summed E-state index contributed by atoms with van der Waals surface area (Å²) in [7, 11) is 0. The van der Waals surface area contributed by atoms with E-state index >= 15 is 0 Å². The lowest BCUT2D eigenvalue weighted by molar-refractivity contribution is 0.0374. The Morgan fingerprint density at radius 2 is 2.27 bits per heavy atom. The van der Waals surface area contributed by atoms with E-state index < -0.39 is 0 Å². The van der Waals surface area contributed by atoms with Crippen LogP contribution >= 0.6 is 0 Å². The van der Waals surface area contributed by atoms with E-state index in [4.69, 9.17) is 9.15 Å². The van der Waals surface area contributed by atoms with Crippen molar-refractivity contribution in [2.45, 2.75) is 6.42 Å². The highest BCUT2D eigenvalue weighted by molar-refractivity contribution is 5.93. The van der Waals surface area contributed by atoms with Gasteiger partial charge in [0, 0.05) is 25.7 Å². The molecule has 0 atom stereocenters. The van der Waals surface area contributed by atoms with Crippen LogP contribution in [0.2, 0.25) is 0 Å². The van der Waals surface area contributed by atoms with Crippen molar-refractivity contribution in [3.63, 3.8) is 0 Å². The monoisotopic (exact) mass is 304 g/mol. The Hall–Kier alpha value is -2.12. The Morgan fingerprint density at radius 3 is 3.05 bits per heavy atom. The smallest absolute Gasteiger partial charge is 0.271 e. The number of morpholine rings is 1. The van der Waals surface area contributed by atoms with Gasteiger partial charge in [-0.05, 0) is 25.1 Å². The van der Waals surface area contributed by atoms with E-state index in [1.54, 1.807) is 18.4 Å². The largest absolute Gasteiger partial charge is 0.463 e. The number of H-pyrrole nitrogens is 1. The summed E-state index contributed by atoms with van der Waals surface area (Å²) in [6.45, 7) is 5.16. The third-order valence-electron chi connectivity index (χ3n) is 3.64. The van der Waals surface area contributed by atoms with Gasteiger partial charge in [0.25, 0.3) is 5.91 Å². The lowest BCUT2D eigenvalue weighted by Crippen LogP contribution is -2.38. The minimum Gasteiger partial charge on any atom is -0.463 e. The van der Waals surface area contributed by atoms with Crippen molar-refractivity contribution in [1.29, 1.82) is 0 Å². The fourth-order valence-electron chi connectivity index (χ4n) is 2.42. The zero-order chi connectivity index (χ0) is 15.2. The third kappa shape index (κ3) is 3.75. The highest BCUT2D eigenvalue weighted by Gasteiger charge is 2.13. The molecule has 1 aliphatic rings. The van der Waals surface area contributed by atoms with Gasteiger partial charge >= 0.3 is 0 Å². The number of ether oxygens (including phenoxy) is 1. The predicted molar refractivity (Wildman–Crippen MR) is 80.5 cm³/mol. The van der Waals surface area contributed by atoms with E-state index in [-0.39, 0.29) is 5.91 Å². The van der Waals surface area contributed by atoms with E-state index in [0.717, 1.165) is 39.3 Å². The SMILES string of the molecule is O=C(NCCCN1CCOCC1)c1cc(-c2ccco2)[nH]n1. The zero-order valence-electron chi connectivity index (χ0n) is 12.4. The van der Waals surface area contributed by atoms with Gasteiger partial charge in [-0.3, -0.25) is 14.8 Å². The number of nitrogens with one attached hydrogen (secondary N) is 2. The quantitative estimate of drug-likeness (QED) is 0.781. The van der Waals surface area contributed by atoms with Gasteiger partial charge in [0.2, 0.25) is 0 Å². The number of nitrogens with zero attached hydrogens (tertiary/aromatic N) is 2. The van der Waals surface area contributed by atoms with Crippen molar-refractivity contribution >= 4 is 5.91 Å². The normalized spacial score (nSPS) is 15.8. The van der Waals surface area contributed by atoms with Gasteiger partial charge in [0.1, 0.15) is 5.69 Å². The minimum atomic E-state index is -0.170. The van der Waals surface area contributed by atoms with Crippen molar-refractivity contribution in [2.24, 2.45) is 0 Å². The Labute approximate surface area is 128 Å². The number of amides is 1. The number of aromatic amines is 1. The van der Waals surface area contributed by atoms with Gasteiger partial charge < -0.3 is 14.5 Å². The Bertz CT molecular complexity index is 588. The van der Waals surface area contributed by atoms with Gasteiger partial charge in [-0.2, -0.15) is 5.10 Å². The molecule has 1 amide bonds. The number of carbonyl (C=O) groups is 1. The van der Waals surface area contributed by atoms with Gasteiger partial charge in [-0.15, -0.1) is 0 Å². The van der Waals surface area contributed by atoms with Crippen LogP contribution < -0.4 is 5.32 Å². The van der Waals surface area contributed by atoms with E-state index in [1.807, 2.05) is 6.07 Å². The Balaban J connectivity index is 1.42. The van der Waals surface area contributed by atoms with Gasteiger partial charge in [0.15, 0.2) is 11.5 Å². The average molecular weight is 304 g/mol. The molecule has 1 aliphatic heterocycles. The molecule has 2 aromatic heterocycles. The molecule has 3 rings (SSSR count). The van der Waals surface area contributed by atoms with Crippen LogP contribution in [0.5, 0.6) is 0 Å². The second kappa shape index (κ2) is 7.24. The average Bonchev–Trinajstić information content (AvgIpc) is 3.22. The summed E-state index contributed by atoms with van der Waals surface area (Å²) in [6.07, 6.45) is 2.50. The molecule has 0 aromatic carbocycles. The van der Waals surface area contributed by atoms with E-state index in [0.29, 0.717) is 23.7 Å². The molecule has 0 radical (unpaired) electrons. The van der Waals surface area contributed by atoms with Crippen LogP contribution in [0.4, 0.5) is 0 Å². The molecule has 7 nitrogen and oxygen atoms in total. The summed E-state index contributed by atoms with van der Waals surface area (Å²) in [5, 5.41) is 9.71. The maximum atomic E-state index is 12.0. The van der Waals surface area contributed by atoms with Gasteiger partial charge in [-0.25, -0.2) is 0 Å². The summed E-state index contributed by atoms with van der Waals surface area (Å²) in [4.78, 5) is 14.4. The maximum Gasteiger partial charge on any atom is 0.271 e. The lowest BCUT2D eigenvalue weighted by Gasteiger charge is -2.26. The van der Waals surface area contributed by atoms with Crippen molar-refractivity contribution in [3.05, 3.63) is 30.2 Å². The van der Waals surface area contributed by atoms with Gasteiger partial charge in [0.05, 0.1) is 19.5 Å². The van der Waals surface area contributed by atoms with Crippen LogP contribution in [0, 0.1) is 0 Å². The number of rotatable bonds is 6. The molecule has 118 valence electrons. The predicted octanol–water partition coefficient (Wildman–Crippen LogP) is 1.12. The van der Waals surface area contributed by atoms with Crippen LogP contribution in [0.25, 0.3) is 11.5 Å². The first-order valence-electron chi connectivity index (χ1n) is 7.50. The van der Waals surface area contributed by atoms with Crippen LogP contribution in [-0.2, 0) is 4.74 Å². The van der Waals surface area contributed by atoms with E-state index in [1.165, 1.54) is 0 Å². The summed E-state index contributed by atoms with van der Waals surface area (Å²) >= 11 is 0. The first-order valence-corrected chi connectivity index (χ1v) is 7.50. The first kappa shape index (κ1) is 14.8. The molecule has 2 N–H and O–H groups in total. The topological polar surface area (TPSA) is 83.4 Å². The van der Waals surface area contributed by atoms with Crippen LogP contribution in [0.1, 0.15) is 16.9 Å². The highest BCUT2D eigenvalue weighted by atomic mass is 16.5. The molecule has 7 heteroatoms. The summed E-state index contributed by atoms with van der Waals surface area (Å²) in [5.41, 5.74) is 1.07. The fourth-order valence-corrected chi connectivity index (χ4v) is 2.42. The second-order valence-electron chi connectivity index (χ2n) is 5.21. The van der Waals surface area contributed by atoms with Crippen LogP contribution in [-0.4, -0.2) is 60.4 Å². The first-order chi connectivity index (χ1) is 10.8. The van der Waals surface area contributed by atoms with E-state index in [2.05, 4.69) is 20.4 Å². The maximum absolute atomic E-state index is 12.0. The highest BCUT2D eigenvalue weighted by Crippen LogP contribution is 2.17. The summed E-state index contributed by atoms with van der Waals surface area (Å²) < 4.78 is 10.6. The number of hydrogen-bond acceptors (Lipinski definition) is 5. The molecule has 0 bridgehead atoms. The number of furan rings is 1. The van der Waals surface area contributed by atoms with Crippen LogP contribution in [0.15, 0.2) is 28.9 Å². The molecule has 0 spiro atoms. The van der Waals surface area contributed by atoms with Crippen molar-refractivity contribution in [1.82, 2.24) is 20.4 Å². The molecular weight excluding hydrogens is 284 g/mol. The Morgan fingerprint density at radius 1 is 1.41 bits per heavy atom. The van der Waals surface area contributed by atoms with Crippen molar-refractivity contribution in [3.8, 4) is 11.5 Å². The second-order valence-corrected chi connectivity index (χ2v) is 5.21. The van der Waals surface area contributed by atoms with Gasteiger partial charge in [-0.1, -0.05) is 0 Å². The van der Waals surface area contributed by atoms with Crippen molar-refractivity contribution in [2.75, 3.05) is 39.4 Å². The molecule has 0 saturated carbocycles. The standard InChI is InChI=1S/C15H20N4O3/c20-15(16-4-2-5-19-6-9-21-10-7-19)13-11-12(17-18-13)14-3-1-8-22-14/h1,3,8,11H,2,4-7,9-10H2,(H,16,20)(H,17,18). The molecule has 3 heterocycles. The molecule has 0 aliphatic carbocycles. The zero-order valence-corrected chi connectivity index (χ0v) is 12.4. The lowest BCUT2D eigenvalue weighted by atomic mass is 10.3. The molecule has 1 fully saturated rings. The van der Waals surface area contributed by atoms with E-state index in [9.17, 15) is 4.79 Å². The van der Waals surface area contributed by atoms with Crippen molar-refractivity contribution < 1.29 is 13.9 Å². The Kier molecular flexibility index (Phi) is 4.87. The molecule has 22 heavy (non-hydrogen) atoms. The summed E-state index contributed by atoms with van der Waals surface area (Å²) in [6, 6.07) is 5.30. The molecule has 1 saturated heterocycles. The number of aromatic nitrogens is 2. The van der Waals surface area contributed by atoms with Crippen LogP contribution in [0.3, 0.4) is 0 Å². The number of carbonyl (C=O) groups excluding carboxylic acids is 1. The molecular formula is C15H20N4O3. The third-order valence-corrected chi connectivity index (χ3v) is 3.64. The molecule has 0 unspecified atom stereocenters. The minimum absolute atomic E-state index is 0.170. The fraction of sp³-hybridized carbons (Fsp3) is 0.467. The number of hydrogen-bond donors (Lipinski definition) is 2. The summed E-state index contributed by atoms with van der Waals surface area (Å²) in [5.74, 6) is 0.495.